The molecule has 0 amide bonds. The molecule has 2 heteroatoms. The van der Waals surface area contributed by atoms with Crippen molar-refractivity contribution in [3.8, 4) is 0 Å². The van der Waals surface area contributed by atoms with Crippen molar-refractivity contribution in [2.45, 2.75) is 60.5 Å². The van der Waals surface area contributed by atoms with Gasteiger partial charge in [-0.25, -0.2) is 0 Å². The lowest BCUT2D eigenvalue weighted by molar-refractivity contribution is -0.0858. The quantitative estimate of drug-likeness (QED) is 0.827. The summed E-state index contributed by atoms with van der Waals surface area (Å²) in [6, 6.07) is 0. The van der Waals surface area contributed by atoms with Gasteiger partial charge in [-0.2, -0.15) is 0 Å². The Morgan fingerprint density at radius 3 is 1.53 bits per heavy atom. The molecule has 114 valence electrons. The lowest BCUT2D eigenvalue weighted by Gasteiger charge is -2.49. The normalized spacial score (nSPS) is 33.8. The van der Waals surface area contributed by atoms with Crippen LogP contribution in [0.4, 0.5) is 0 Å². The molecule has 2 atom stereocenters. The van der Waals surface area contributed by atoms with E-state index in [1.54, 1.807) is 0 Å². The van der Waals surface area contributed by atoms with Crippen LogP contribution in [0.3, 0.4) is 0 Å². The minimum absolute atomic E-state index is 0.154. The minimum atomic E-state index is -0.154. The van der Waals surface area contributed by atoms with Crippen LogP contribution in [-0.2, 0) is 0 Å². The Morgan fingerprint density at radius 1 is 0.895 bits per heavy atom. The topological polar surface area (TPSA) is 23.5 Å². The minimum Gasteiger partial charge on any atom is -0.393 e. The van der Waals surface area contributed by atoms with Crippen LogP contribution in [0.25, 0.3) is 0 Å². The highest BCUT2D eigenvalue weighted by molar-refractivity contribution is 4.95. The first-order valence-corrected chi connectivity index (χ1v) is 7.75. The molecule has 2 unspecified atom stereocenters. The van der Waals surface area contributed by atoms with Crippen LogP contribution < -0.4 is 0 Å². The molecule has 1 saturated carbocycles. The predicted molar refractivity (Wildman–Crippen MR) is 83.2 cm³/mol. The first-order valence-electron chi connectivity index (χ1n) is 7.75. The van der Waals surface area contributed by atoms with Crippen LogP contribution in [0, 0.1) is 28.6 Å². The number of aliphatic hydroxyl groups excluding tert-OH is 1. The number of aliphatic hydroxyl groups is 1. The Kier molecular flexibility index (Phi) is 5.12. The SMILES string of the molecule is CN(C)CC1CC(C(C)(C)C)C(O)C(C(C)(C)C)C1. The van der Waals surface area contributed by atoms with Crippen molar-refractivity contribution in [2.24, 2.45) is 28.6 Å². The highest BCUT2D eigenvalue weighted by Gasteiger charge is 2.45. The summed E-state index contributed by atoms with van der Waals surface area (Å²) < 4.78 is 0. The van der Waals surface area contributed by atoms with Crippen molar-refractivity contribution < 1.29 is 5.11 Å². The molecule has 1 rings (SSSR count). The summed E-state index contributed by atoms with van der Waals surface area (Å²) in [6.45, 7) is 14.8. The molecular weight excluding hydrogens is 234 g/mol. The Balaban J connectivity index is 2.94. The summed E-state index contributed by atoms with van der Waals surface area (Å²) in [6.07, 6.45) is 2.17. The van der Waals surface area contributed by atoms with Gasteiger partial charge in [-0.1, -0.05) is 41.5 Å². The summed E-state index contributed by atoms with van der Waals surface area (Å²) in [4.78, 5) is 2.29. The van der Waals surface area contributed by atoms with E-state index in [-0.39, 0.29) is 16.9 Å². The maximum Gasteiger partial charge on any atom is 0.0606 e. The van der Waals surface area contributed by atoms with E-state index in [0.717, 1.165) is 19.4 Å². The van der Waals surface area contributed by atoms with Gasteiger partial charge in [-0.05, 0) is 55.5 Å². The van der Waals surface area contributed by atoms with E-state index in [2.05, 4.69) is 60.5 Å². The van der Waals surface area contributed by atoms with Gasteiger partial charge in [0.2, 0.25) is 0 Å². The summed E-state index contributed by atoms with van der Waals surface area (Å²) in [5, 5.41) is 10.8. The van der Waals surface area contributed by atoms with Gasteiger partial charge in [0.15, 0.2) is 0 Å². The zero-order valence-electron chi connectivity index (χ0n) is 14.3. The van der Waals surface area contributed by atoms with E-state index >= 15 is 0 Å². The zero-order valence-corrected chi connectivity index (χ0v) is 14.3. The highest BCUT2D eigenvalue weighted by atomic mass is 16.3. The van der Waals surface area contributed by atoms with Crippen LogP contribution in [0.5, 0.6) is 0 Å². The van der Waals surface area contributed by atoms with E-state index in [1.807, 2.05) is 0 Å². The summed E-state index contributed by atoms with van der Waals surface area (Å²) >= 11 is 0. The molecule has 2 nitrogen and oxygen atoms in total. The second kappa shape index (κ2) is 5.73. The predicted octanol–water partition coefficient (Wildman–Crippen LogP) is 3.64. The second-order valence-electron chi connectivity index (χ2n) is 9.04. The van der Waals surface area contributed by atoms with Gasteiger partial charge in [-0.15, -0.1) is 0 Å². The first-order chi connectivity index (χ1) is 8.43. The average molecular weight is 269 g/mol. The number of hydrogen-bond acceptors (Lipinski definition) is 2. The molecule has 0 spiro atoms. The molecule has 1 aliphatic rings. The molecule has 0 radical (unpaired) electrons. The van der Waals surface area contributed by atoms with Crippen molar-refractivity contribution in [1.29, 1.82) is 0 Å². The molecule has 0 saturated heterocycles. The molecule has 1 aliphatic carbocycles. The summed E-state index contributed by atoms with van der Waals surface area (Å²) in [7, 11) is 4.31. The maximum atomic E-state index is 10.8. The fraction of sp³-hybridized carbons (Fsp3) is 1.00. The Hall–Kier alpha value is -0.0800. The maximum absolute atomic E-state index is 10.8. The fourth-order valence-corrected chi connectivity index (χ4v) is 3.77. The van der Waals surface area contributed by atoms with Gasteiger partial charge in [0, 0.05) is 6.54 Å². The van der Waals surface area contributed by atoms with Crippen molar-refractivity contribution in [1.82, 2.24) is 4.90 Å². The van der Waals surface area contributed by atoms with E-state index in [1.165, 1.54) is 0 Å². The lowest BCUT2D eigenvalue weighted by atomic mass is 9.58. The molecule has 0 aliphatic heterocycles. The van der Waals surface area contributed by atoms with Crippen LogP contribution in [0.2, 0.25) is 0 Å². The summed E-state index contributed by atoms with van der Waals surface area (Å²) in [5.74, 6) is 1.54. The van der Waals surface area contributed by atoms with Gasteiger partial charge in [-0.3, -0.25) is 0 Å². The van der Waals surface area contributed by atoms with Gasteiger partial charge in [0.25, 0.3) is 0 Å². The van der Waals surface area contributed by atoms with Gasteiger partial charge in [0.1, 0.15) is 0 Å². The molecule has 0 aromatic heterocycles. The Morgan fingerprint density at radius 2 is 1.26 bits per heavy atom. The molecule has 19 heavy (non-hydrogen) atoms. The lowest BCUT2D eigenvalue weighted by Crippen LogP contribution is -2.49. The molecule has 1 N–H and O–H groups in total. The smallest absolute Gasteiger partial charge is 0.0606 e. The fourth-order valence-electron chi connectivity index (χ4n) is 3.77. The first kappa shape index (κ1) is 17.0. The number of rotatable bonds is 2. The average Bonchev–Trinajstić information content (AvgIpc) is 2.16. The monoisotopic (exact) mass is 269 g/mol. The van der Waals surface area contributed by atoms with Crippen LogP contribution in [0.1, 0.15) is 54.4 Å². The van der Waals surface area contributed by atoms with E-state index in [4.69, 9.17) is 0 Å². The molecule has 0 heterocycles. The molecular formula is C17H35NO. The third-order valence-corrected chi connectivity index (χ3v) is 4.85. The van der Waals surface area contributed by atoms with Crippen molar-refractivity contribution in [3.05, 3.63) is 0 Å². The summed E-state index contributed by atoms with van der Waals surface area (Å²) in [5.41, 5.74) is 0.377. The Bertz CT molecular complexity index is 261. The molecule has 0 aromatic carbocycles. The largest absolute Gasteiger partial charge is 0.393 e. The zero-order chi connectivity index (χ0) is 15.0. The van der Waals surface area contributed by atoms with Crippen LogP contribution >= 0.6 is 0 Å². The highest BCUT2D eigenvalue weighted by Crippen LogP contribution is 2.48. The van der Waals surface area contributed by atoms with Crippen molar-refractivity contribution >= 4 is 0 Å². The molecule has 1 fully saturated rings. The number of nitrogens with zero attached hydrogens (tertiary/aromatic N) is 1. The molecule has 0 bridgehead atoms. The standard InChI is InChI=1S/C17H35NO/c1-16(2,3)13-9-12(11-18(7)8)10-14(15(13)19)17(4,5)6/h12-15,19H,9-11H2,1-8H3. The molecule has 0 aromatic rings. The van der Waals surface area contributed by atoms with Crippen LogP contribution in [-0.4, -0.2) is 36.8 Å². The van der Waals surface area contributed by atoms with E-state index in [9.17, 15) is 5.11 Å². The third-order valence-electron chi connectivity index (χ3n) is 4.85. The Labute approximate surface area is 120 Å². The van der Waals surface area contributed by atoms with E-state index in [0.29, 0.717) is 17.8 Å². The van der Waals surface area contributed by atoms with Crippen LogP contribution in [0.15, 0.2) is 0 Å². The number of hydrogen-bond donors (Lipinski definition) is 1. The van der Waals surface area contributed by atoms with Gasteiger partial charge >= 0.3 is 0 Å². The van der Waals surface area contributed by atoms with Gasteiger partial charge < -0.3 is 10.0 Å². The van der Waals surface area contributed by atoms with Crippen molar-refractivity contribution in [2.75, 3.05) is 20.6 Å². The third kappa shape index (κ3) is 4.46. The van der Waals surface area contributed by atoms with Gasteiger partial charge in [0.05, 0.1) is 6.10 Å². The van der Waals surface area contributed by atoms with E-state index < -0.39 is 0 Å². The second-order valence-corrected chi connectivity index (χ2v) is 9.04. The van der Waals surface area contributed by atoms with Crippen molar-refractivity contribution in [3.63, 3.8) is 0 Å².